The molecule has 0 amide bonds. The van der Waals surface area contributed by atoms with Gasteiger partial charge in [-0.25, -0.2) is 0 Å². The van der Waals surface area contributed by atoms with E-state index in [0.29, 0.717) is 6.23 Å². The highest BCUT2D eigenvalue weighted by molar-refractivity contribution is 5.57. The predicted octanol–water partition coefficient (Wildman–Crippen LogP) is 0.280. The summed E-state index contributed by atoms with van der Waals surface area (Å²) in [5.41, 5.74) is 0. The van der Waals surface area contributed by atoms with E-state index in [1.165, 1.54) is 0 Å². The minimum atomic E-state index is 0.304. The monoisotopic (exact) mass is 114 g/mol. The van der Waals surface area contributed by atoms with Gasteiger partial charge in [0.2, 0.25) is 0 Å². The van der Waals surface area contributed by atoms with E-state index in [1.54, 1.807) is 7.05 Å². The summed E-state index contributed by atoms with van der Waals surface area (Å²) in [6, 6.07) is 0. The van der Waals surface area contributed by atoms with Gasteiger partial charge in [0.15, 0.2) is 6.23 Å². The molecule has 1 rings (SSSR count). The molecule has 0 bridgehead atoms. The third-order valence-electron chi connectivity index (χ3n) is 1.14. The maximum absolute atomic E-state index is 4.96. The van der Waals surface area contributed by atoms with Gasteiger partial charge in [-0.3, -0.25) is 4.84 Å². The summed E-state index contributed by atoms with van der Waals surface area (Å²) in [6.45, 7) is 0. The molecule has 1 aliphatic rings. The lowest BCUT2D eigenvalue weighted by Gasteiger charge is -1.78. The van der Waals surface area contributed by atoms with E-state index in [0.717, 1.165) is 6.42 Å². The van der Waals surface area contributed by atoms with Crippen molar-refractivity contribution in [2.45, 2.75) is 12.6 Å². The standard InChI is InChI=1S/C5H10N2O/c1-6-4-3-5-7(2)8-5/h4-5H,3H2,1-2H3/b6-4+. The molecule has 3 nitrogen and oxygen atoms in total. The molecule has 0 aromatic rings. The van der Waals surface area contributed by atoms with Crippen molar-refractivity contribution in [1.82, 2.24) is 5.06 Å². The molecule has 2 unspecified atom stereocenters. The highest BCUT2D eigenvalue weighted by Gasteiger charge is 2.30. The molecule has 0 aromatic heterocycles. The number of rotatable bonds is 2. The molecule has 1 saturated heterocycles. The van der Waals surface area contributed by atoms with Crippen LogP contribution in [-0.2, 0) is 4.84 Å². The fourth-order valence-electron chi connectivity index (χ4n) is 0.552. The summed E-state index contributed by atoms with van der Waals surface area (Å²) in [5.74, 6) is 0. The van der Waals surface area contributed by atoms with Crippen LogP contribution in [0.2, 0.25) is 0 Å². The first-order valence-corrected chi connectivity index (χ1v) is 2.65. The van der Waals surface area contributed by atoms with E-state index in [9.17, 15) is 0 Å². The fraction of sp³-hybridized carbons (Fsp3) is 0.800. The largest absolute Gasteiger partial charge is 0.301 e. The maximum Gasteiger partial charge on any atom is 0.159 e. The number of hydroxylamine groups is 2. The van der Waals surface area contributed by atoms with Crippen molar-refractivity contribution < 1.29 is 4.84 Å². The van der Waals surface area contributed by atoms with Gasteiger partial charge in [-0.1, -0.05) is 0 Å². The van der Waals surface area contributed by atoms with Crippen LogP contribution in [0.15, 0.2) is 4.99 Å². The Morgan fingerprint density at radius 3 is 2.88 bits per heavy atom. The minimum absolute atomic E-state index is 0.304. The summed E-state index contributed by atoms with van der Waals surface area (Å²) in [5, 5.41) is 1.81. The zero-order valence-corrected chi connectivity index (χ0v) is 5.16. The van der Waals surface area contributed by atoms with Crippen molar-refractivity contribution in [1.29, 1.82) is 0 Å². The van der Waals surface area contributed by atoms with Gasteiger partial charge < -0.3 is 4.99 Å². The van der Waals surface area contributed by atoms with Crippen molar-refractivity contribution in [3.05, 3.63) is 0 Å². The Morgan fingerprint density at radius 1 is 1.88 bits per heavy atom. The summed E-state index contributed by atoms with van der Waals surface area (Å²) in [7, 11) is 3.68. The molecular weight excluding hydrogens is 104 g/mol. The Kier molecular flexibility index (Phi) is 1.60. The van der Waals surface area contributed by atoms with Crippen molar-refractivity contribution in [2.24, 2.45) is 4.99 Å². The van der Waals surface area contributed by atoms with E-state index in [1.807, 2.05) is 18.3 Å². The van der Waals surface area contributed by atoms with Crippen LogP contribution in [-0.4, -0.2) is 31.6 Å². The molecule has 1 heterocycles. The molecule has 0 spiro atoms. The predicted molar refractivity (Wildman–Crippen MR) is 31.7 cm³/mol. The Hall–Kier alpha value is -0.410. The van der Waals surface area contributed by atoms with Crippen LogP contribution in [0.1, 0.15) is 6.42 Å². The van der Waals surface area contributed by atoms with Gasteiger partial charge in [-0.05, 0) is 0 Å². The van der Waals surface area contributed by atoms with Gasteiger partial charge in [0.25, 0.3) is 0 Å². The molecule has 3 heteroatoms. The van der Waals surface area contributed by atoms with Crippen LogP contribution < -0.4 is 0 Å². The van der Waals surface area contributed by atoms with Gasteiger partial charge in [-0.2, -0.15) is 5.06 Å². The van der Waals surface area contributed by atoms with Gasteiger partial charge >= 0.3 is 0 Å². The SMILES string of the molecule is C/N=C/CC1ON1C. The van der Waals surface area contributed by atoms with Crippen molar-refractivity contribution in [3.8, 4) is 0 Å². The molecule has 0 N–H and O–H groups in total. The van der Waals surface area contributed by atoms with E-state index < -0.39 is 0 Å². The molecule has 8 heavy (non-hydrogen) atoms. The lowest BCUT2D eigenvalue weighted by molar-refractivity contribution is 0.233. The lowest BCUT2D eigenvalue weighted by Crippen LogP contribution is -1.93. The first-order valence-electron chi connectivity index (χ1n) is 2.65. The summed E-state index contributed by atoms with van der Waals surface area (Å²) < 4.78 is 0. The third kappa shape index (κ3) is 1.28. The molecule has 0 aromatic carbocycles. The average molecular weight is 114 g/mol. The molecule has 1 aliphatic heterocycles. The van der Waals surface area contributed by atoms with Gasteiger partial charge in [0.1, 0.15) is 0 Å². The normalized spacial score (nSPS) is 36.2. The topological polar surface area (TPSA) is 27.9 Å². The second kappa shape index (κ2) is 2.24. The first kappa shape index (κ1) is 5.72. The number of aliphatic imine (C=N–C) groups is 1. The van der Waals surface area contributed by atoms with E-state index >= 15 is 0 Å². The smallest absolute Gasteiger partial charge is 0.159 e. The molecule has 46 valence electrons. The third-order valence-corrected chi connectivity index (χ3v) is 1.14. The van der Waals surface area contributed by atoms with E-state index in [-0.39, 0.29) is 0 Å². The quantitative estimate of drug-likeness (QED) is 0.381. The average Bonchev–Trinajstić information content (AvgIpc) is 2.42. The van der Waals surface area contributed by atoms with Crippen LogP contribution in [0.4, 0.5) is 0 Å². The van der Waals surface area contributed by atoms with E-state index in [2.05, 4.69) is 4.99 Å². The van der Waals surface area contributed by atoms with E-state index in [4.69, 9.17) is 4.84 Å². The molecule has 0 saturated carbocycles. The molecule has 2 atom stereocenters. The number of hydrogen-bond acceptors (Lipinski definition) is 3. The van der Waals surface area contributed by atoms with Gasteiger partial charge in [-0.15, -0.1) is 0 Å². The van der Waals surface area contributed by atoms with Gasteiger partial charge in [0.05, 0.1) is 0 Å². The van der Waals surface area contributed by atoms with Crippen LogP contribution in [0.5, 0.6) is 0 Å². The second-order valence-electron chi connectivity index (χ2n) is 1.78. The van der Waals surface area contributed by atoms with Gasteiger partial charge in [0, 0.05) is 26.7 Å². The maximum atomic E-state index is 4.96. The lowest BCUT2D eigenvalue weighted by atomic mass is 10.4. The molecule has 1 fully saturated rings. The van der Waals surface area contributed by atoms with Crippen molar-refractivity contribution >= 4 is 6.21 Å². The molecule has 0 aliphatic carbocycles. The van der Waals surface area contributed by atoms with Crippen LogP contribution >= 0.6 is 0 Å². The first-order chi connectivity index (χ1) is 3.84. The highest BCUT2D eigenvalue weighted by atomic mass is 16.8. The van der Waals surface area contributed by atoms with Crippen LogP contribution in [0, 0.1) is 0 Å². The number of nitrogens with zero attached hydrogens (tertiary/aromatic N) is 2. The Balaban J connectivity index is 2.05. The summed E-state index contributed by atoms with van der Waals surface area (Å²) >= 11 is 0. The number of hydrogen-bond donors (Lipinski definition) is 0. The zero-order chi connectivity index (χ0) is 5.98. The minimum Gasteiger partial charge on any atom is -0.301 e. The van der Waals surface area contributed by atoms with Crippen molar-refractivity contribution in [2.75, 3.05) is 14.1 Å². The summed E-state index contributed by atoms with van der Waals surface area (Å²) in [4.78, 5) is 8.78. The Morgan fingerprint density at radius 2 is 2.50 bits per heavy atom. The Bertz CT molecular complexity index is 103. The van der Waals surface area contributed by atoms with Crippen LogP contribution in [0.3, 0.4) is 0 Å². The molecule has 0 radical (unpaired) electrons. The summed E-state index contributed by atoms with van der Waals surface area (Å²) in [6.07, 6.45) is 3.07. The molecular formula is C5H10N2O. The highest BCUT2D eigenvalue weighted by Crippen LogP contribution is 2.17. The zero-order valence-electron chi connectivity index (χ0n) is 5.16. The van der Waals surface area contributed by atoms with Crippen LogP contribution in [0.25, 0.3) is 0 Å². The fourth-order valence-corrected chi connectivity index (χ4v) is 0.552. The Labute approximate surface area is 48.9 Å². The second-order valence-corrected chi connectivity index (χ2v) is 1.78. The van der Waals surface area contributed by atoms with Crippen molar-refractivity contribution in [3.63, 3.8) is 0 Å².